The minimum absolute atomic E-state index is 0.0607. The summed E-state index contributed by atoms with van der Waals surface area (Å²) in [5.74, 6) is 0.823. The van der Waals surface area contributed by atoms with Gasteiger partial charge in [-0.1, -0.05) is 32.0 Å². The van der Waals surface area contributed by atoms with Crippen LogP contribution in [0.1, 0.15) is 41.8 Å². The average Bonchev–Trinajstić information content (AvgIpc) is 2.71. The van der Waals surface area contributed by atoms with Gasteiger partial charge in [0.2, 0.25) is 10.0 Å². The Morgan fingerprint density at radius 2 is 1.68 bits per heavy atom. The molecular formula is C22H25F3N2O3S. The van der Waals surface area contributed by atoms with Gasteiger partial charge >= 0.3 is 6.18 Å². The third kappa shape index (κ3) is 5.86. The molecule has 1 fully saturated rings. The number of alkyl halides is 3. The molecule has 2 aromatic rings. The molecule has 0 saturated carbocycles. The van der Waals surface area contributed by atoms with Gasteiger partial charge in [-0.25, -0.2) is 13.1 Å². The van der Waals surface area contributed by atoms with Crippen LogP contribution in [0.4, 0.5) is 13.2 Å². The molecule has 2 atom stereocenters. The number of rotatable bonds is 5. The lowest BCUT2D eigenvalue weighted by Gasteiger charge is -2.35. The molecule has 0 bridgehead atoms. The smallest absolute Gasteiger partial charge is 0.338 e. The molecule has 1 aliphatic rings. The maximum atomic E-state index is 12.8. The van der Waals surface area contributed by atoms with Crippen LogP contribution >= 0.6 is 0 Å². The van der Waals surface area contributed by atoms with Gasteiger partial charge in [-0.3, -0.25) is 4.79 Å². The summed E-state index contributed by atoms with van der Waals surface area (Å²) < 4.78 is 65.6. The van der Waals surface area contributed by atoms with Crippen LogP contribution in [0.25, 0.3) is 0 Å². The van der Waals surface area contributed by atoms with Crippen LogP contribution < -0.4 is 4.72 Å². The highest BCUT2D eigenvalue weighted by Crippen LogP contribution is 2.30. The van der Waals surface area contributed by atoms with Crippen LogP contribution in [0, 0.1) is 11.8 Å². The van der Waals surface area contributed by atoms with E-state index in [9.17, 15) is 26.4 Å². The van der Waals surface area contributed by atoms with Crippen molar-refractivity contribution in [2.75, 3.05) is 13.1 Å². The number of hydrogen-bond acceptors (Lipinski definition) is 3. The molecule has 9 heteroatoms. The molecule has 5 nitrogen and oxygen atoms in total. The van der Waals surface area contributed by atoms with E-state index in [-0.39, 0.29) is 12.5 Å². The quantitative estimate of drug-likeness (QED) is 0.733. The van der Waals surface area contributed by atoms with E-state index in [2.05, 4.69) is 18.6 Å². The Morgan fingerprint density at radius 3 is 2.26 bits per heavy atom. The summed E-state index contributed by atoms with van der Waals surface area (Å²) in [6, 6.07) is 10.1. The first kappa shape index (κ1) is 23.3. The highest BCUT2D eigenvalue weighted by molar-refractivity contribution is 7.89. The fourth-order valence-electron chi connectivity index (χ4n) is 3.88. The van der Waals surface area contributed by atoms with Crippen molar-refractivity contribution in [3.8, 4) is 0 Å². The summed E-state index contributed by atoms with van der Waals surface area (Å²) in [4.78, 5) is 14.1. The summed E-state index contributed by atoms with van der Waals surface area (Å²) in [6.07, 6.45) is -3.54. The third-order valence-corrected chi connectivity index (χ3v) is 6.69. The second-order valence-corrected chi connectivity index (χ2v) is 9.97. The van der Waals surface area contributed by atoms with E-state index in [0.717, 1.165) is 24.6 Å². The number of carbonyl (C=O) groups excluding carboxylic acids is 1. The Bertz CT molecular complexity index is 1030. The number of piperidine rings is 1. The fourth-order valence-corrected chi connectivity index (χ4v) is 4.94. The predicted octanol–water partition coefficient (Wildman–Crippen LogP) is 4.30. The number of halogens is 3. The van der Waals surface area contributed by atoms with E-state index in [1.807, 2.05) is 4.90 Å². The number of likely N-dealkylation sites (tertiary alicyclic amines) is 1. The Hall–Kier alpha value is -2.39. The number of amides is 1. The number of hydrogen-bond donors (Lipinski definition) is 1. The molecule has 2 aromatic carbocycles. The van der Waals surface area contributed by atoms with Gasteiger partial charge in [0.1, 0.15) is 0 Å². The first-order valence-electron chi connectivity index (χ1n) is 10.0. The van der Waals surface area contributed by atoms with E-state index in [0.29, 0.717) is 42.1 Å². The van der Waals surface area contributed by atoms with E-state index in [4.69, 9.17) is 0 Å². The van der Waals surface area contributed by atoms with Gasteiger partial charge < -0.3 is 4.90 Å². The average molecular weight is 455 g/mol. The van der Waals surface area contributed by atoms with Crippen LogP contribution in [0.5, 0.6) is 0 Å². The first-order chi connectivity index (χ1) is 14.5. The van der Waals surface area contributed by atoms with Crippen molar-refractivity contribution in [3.63, 3.8) is 0 Å². The Labute approximate surface area is 180 Å². The zero-order valence-corrected chi connectivity index (χ0v) is 18.1. The lowest BCUT2D eigenvalue weighted by atomic mass is 9.91. The molecule has 168 valence electrons. The zero-order valence-electron chi connectivity index (χ0n) is 17.3. The Kier molecular flexibility index (Phi) is 6.76. The third-order valence-electron chi connectivity index (χ3n) is 5.29. The maximum absolute atomic E-state index is 12.8. The molecule has 0 unspecified atom stereocenters. The fraction of sp³-hybridized carbons (Fsp3) is 0.409. The molecule has 0 radical (unpaired) electrons. The van der Waals surface area contributed by atoms with Crippen LogP contribution in [0.2, 0.25) is 0 Å². The minimum Gasteiger partial charge on any atom is -0.338 e. The highest BCUT2D eigenvalue weighted by Gasteiger charge is 2.31. The van der Waals surface area contributed by atoms with Crippen LogP contribution in [-0.4, -0.2) is 32.3 Å². The Balaban J connectivity index is 1.66. The molecule has 31 heavy (non-hydrogen) atoms. The van der Waals surface area contributed by atoms with Gasteiger partial charge in [-0.05, 0) is 54.2 Å². The summed E-state index contributed by atoms with van der Waals surface area (Å²) in [5.41, 5.74) is 0.0813. The van der Waals surface area contributed by atoms with Crippen LogP contribution in [-0.2, 0) is 22.7 Å². The number of nitrogens with one attached hydrogen (secondary N) is 1. The van der Waals surface area contributed by atoms with Gasteiger partial charge in [-0.2, -0.15) is 13.2 Å². The van der Waals surface area contributed by atoms with E-state index in [1.165, 1.54) is 0 Å². The molecule has 1 N–H and O–H groups in total. The minimum atomic E-state index is -4.63. The van der Waals surface area contributed by atoms with Gasteiger partial charge in [0, 0.05) is 25.2 Å². The first-order valence-corrected chi connectivity index (χ1v) is 11.5. The largest absolute Gasteiger partial charge is 0.416 e. The number of carbonyl (C=O) groups is 1. The summed E-state index contributed by atoms with van der Waals surface area (Å²) in [7, 11) is -4.12. The molecule has 0 spiro atoms. The van der Waals surface area contributed by atoms with Gasteiger partial charge in [0.05, 0.1) is 10.5 Å². The SMILES string of the molecule is C[C@@H]1C[C@H](C)CN(C(=O)c2ccc(CNS(=O)(=O)c3cccc(C(F)(F)F)c3)cc2)C1. The standard InChI is InChI=1S/C22H25F3N2O3S/c1-15-10-16(2)14-27(13-15)21(28)18-8-6-17(7-9-18)12-26-31(29,30)20-5-3-4-19(11-20)22(23,24)25/h3-9,11,15-16,26H,10,12-14H2,1-2H3/t15-,16+. The molecule has 1 amide bonds. The van der Waals surface area contributed by atoms with Gasteiger partial charge in [-0.15, -0.1) is 0 Å². The van der Waals surface area contributed by atoms with Crippen LogP contribution in [0.15, 0.2) is 53.4 Å². The topological polar surface area (TPSA) is 66.5 Å². The van der Waals surface area contributed by atoms with Crippen molar-refractivity contribution < 1.29 is 26.4 Å². The summed E-state index contributed by atoms with van der Waals surface area (Å²) in [6.45, 7) is 5.55. The number of nitrogens with zero attached hydrogens (tertiary/aromatic N) is 1. The molecule has 0 aliphatic carbocycles. The molecule has 1 heterocycles. The predicted molar refractivity (Wildman–Crippen MR) is 111 cm³/mol. The zero-order chi connectivity index (χ0) is 22.8. The maximum Gasteiger partial charge on any atom is 0.416 e. The molecule has 0 aromatic heterocycles. The van der Waals surface area contributed by atoms with Crippen LogP contribution in [0.3, 0.4) is 0 Å². The molecule has 1 saturated heterocycles. The number of sulfonamides is 1. The van der Waals surface area contributed by atoms with Gasteiger partial charge in [0.15, 0.2) is 0 Å². The van der Waals surface area contributed by atoms with Crippen molar-refractivity contribution in [2.24, 2.45) is 11.8 Å². The van der Waals surface area contributed by atoms with Gasteiger partial charge in [0.25, 0.3) is 5.91 Å². The summed E-state index contributed by atoms with van der Waals surface area (Å²) in [5, 5.41) is 0. The van der Waals surface area contributed by atoms with Crippen molar-refractivity contribution in [2.45, 2.75) is 37.9 Å². The van der Waals surface area contributed by atoms with Crippen molar-refractivity contribution >= 4 is 15.9 Å². The molecule has 1 aliphatic heterocycles. The van der Waals surface area contributed by atoms with Crippen molar-refractivity contribution in [1.82, 2.24) is 9.62 Å². The summed E-state index contributed by atoms with van der Waals surface area (Å²) >= 11 is 0. The lowest BCUT2D eigenvalue weighted by Crippen LogP contribution is -2.42. The van der Waals surface area contributed by atoms with Crippen molar-refractivity contribution in [1.29, 1.82) is 0 Å². The second kappa shape index (κ2) is 9.00. The van der Waals surface area contributed by atoms with E-state index < -0.39 is 26.7 Å². The van der Waals surface area contributed by atoms with E-state index in [1.54, 1.807) is 24.3 Å². The molecule has 3 rings (SSSR count). The number of benzene rings is 2. The lowest BCUT2D eigenvalue weighted by molar-refractivity contribution is -0.137. The monoisotopic (exact) mass is 454 g/mol. The highest BCUT2D eigenvalue weighted by atomic mass is 32.2. The normalized spacial score (nSPS) is 20.0. The molecular weight excluding hydrogens is 429 g/mol. The Morgan fingerprint density at radius 1 is 1.06 bits per heavy atom. The van der Waals surface area contributed by atoms with Crippen molar-refractivity contribution in [3.05, 3.63) is 65.2 Å². The van der Waals surface area contributed by atoms with E-state index >= 15 is 0 Å². The second-order valence-electron chi connectivity index (χ2n) is 8.20.